The average Bonchev–Trinajstić information content (AvgIpc) is 3.42. The highest BCUT2D eigenvalue weighted by Gasteiger charge is 2.18. The molecule has 7 heteroatoms. The normalized spacial score (nSPS) is 11.3. The smallest absolute Gasteiger partial charge is 0.311 e. The molecular weight excluding hydrogens is 400 g/mol. The Bertz CT molecular complexity index is 1360. The molecule has 0 atom stereocenters. The molecule has 0 aliphatic rings. The number of H-pyrrole nitrogens is 1. The predicted molar refractivity (Wildman–Crippen MR) is 125 cm³/mol. The first-order valence-electron chi connectivity index (χ1n) is 10.2. The molecule has 2 N–H and O–H groups in total. The van der Waals surface area contributed by atoms with Crippen LogP contribution in [0.3, 0.4) is 0 Å². The Hall–Kier alpha value is -4.52. The van der Waals surface area contributed by atoms with Gasteiger partial charge in [-0.1, -0.05) is 66.7 Å². The summed E-state index contributed by atoms with van der Waals surface area (Å²) in [6.07, 6.45) is 1.64. The van der Waals surface area contributed by atoms with Crippen LogP contribution in [-0.4, -0.2) is 31.9 Å². The number of aryl methyl sites for hydroxylation is 1. The molecule has 2 aromatic heterocycles. The number of carbonyl (C=O) groups is 1. The molecule has 0 spiro atoms. The second-order valence-corrected chi connectivity index (χ2v) is 7.28. The van der Waals surface area contributed by atoms with E-state index in [1.165, 1.54) is 0 Å². The number of carbonyl (C=O) groups excluding carboxylic acids is 1. The van der Waals surface area contributed by atoms with Crippen LogP contribution in [0.1, 0.15) is 21.9 Å². The van der Waals surface area contributed by atoms with Gasteiger partial charge in [-0.15, -0.1) is 5.10 Å². The molecule has 0 bridgehead atoms. The van der Waals surface area contributed by atoms with Gasteiger partial charge in [0.15, 0.2) is 5.82 Å². The molecule has 0 unspecified atom stereocenters. The summed E-state index contributed by atoms with van der Waals surface area (Å²) in [7, 11) is 0. The lowest BCUT2D eigenvalue weighted by molar-refractivity contribution is 0.0945. The molecule has 2 heterocycles. The number of hydrogen-bond acceptors (Lipinski definition) is 4. The van der Waals surface area contributed by atoms with Gasteiger partial charge in [0.05, 0.1) is 11.9 Å². The molecule has 3 aromatic carbocycles. The van der Waals surface area contributed by atoms with Crippen molar-refractivity contribution in [2.75, 3.05) is 0 Å². The molecule has 156 valence electrons. The zero-order valence-electron chi connectivity index (χ0n) is 17.4. The SMILES string of the molecule is Cc1[nH]c2ccccc2c1/C=N/NC(=O)c1nc(-c2ccccc2)n(-c2ccccc2)n1. The Morgan fingerprint density at radius 3 is 2.44 bits per heavy atom. The number of fused-ring (bicyclic) bond motifs is 1. The van der Waals surface area contributed by atoms with E-state index in [2.05, 4.69) is 25.6 Å². The summed E-state index contributed by atoms with van der Waals surface area (Å²) in [6.45, 7) is 1.97. The van der Waals surface area contributed by atoms with Gasteiger partial charge < -0.3 is 4.98 Å². The van der Waals surface area contributed by atoms with Gasteiger partial charge in [-0.05, 0) is 25.1 Å². The molecule has 0 aliphatic heterocycles. The molecule has 5 aromatic rings. The third-order valence-corrected chi connectivity index (χ3v) is 5.15. The average molecular weight is 420 g/mol. The van der Waals surface area contributed by atoms with Crippen molar-refractivity contribution < 1.29 is 4.79 Å². The number of para-hydroxylation sites is 2. The highest BCUT2D eigenvalue weighted by molar-refractivity contribution is 6.01. The van der Waals surface area contributed by atoms with Gasteiger partial charge in [0.25, 0.3) is 0 Å². The van der Waals surface area contributed by atoms with Crippen LogP contribution in [0.15, 0.2) is 90.0 Å². The number of hydrazone groups is 1. The monoisotopic (exact) mass is 420 g/mol. The van der Waals surface area contributed by atoms with Crippen LogP contribution in [-0.2, 0) is 0 Å². The molecule has 0 saturated heterocycles. The molecule has 7 nitrogen and oxygen atoms in total. The summed E-state index contributed by atoms with van der Waals surface area (Å²) in [5, 5.41) is 9.65. The van der Waals surface area contributed by atoms with Crippen molar-refractivity contribution >= 4 is 23.0 Å². The van der Waals surface area contributed by atoms with E-state index in [0.717, 1.165) is 33.4 Å². The summed E-state index contributed by atoms with van der Waals surface area (Å²) in [5.74, 6) is 0.143. The minimum Gasteiger partial charge on any atom is -0.358 e. The van der Waals surface area contributed by atoms with E-state index in [9.17, 15) is 4.79 Å². The highest BCUT2D eigenvalue weighted by atomic mass is 16.2. The molecule has 32 heavy (non-hydrogen) atoms. The fourth-order valence-corrected chi connectivity index (χ4v) is 3.60. The Morgan fingerprint density at radius 1 is 0.969 bits per heavy atom. The van der Waals surface area contributed by atoms with Crippen molar-refractivity contribution in [2.45, 2.75) is 6.92 Å². The fraction of sp³-hybridized carbons (Fsp3) is 0.0400. The number of aromatic nitrogens is 4. The topological polar surface area (TPSA) is 88.0 Å². The third kappa shape index (κ3) is 3.67. The third-order valence-electron chi connectivity index (χ3n) is 5.15. The lowest BCUT2D eigenvalue weighted by Gasteiger charge is -2.05. The Labute approximate surface area is 184 Å². The van der Waals surface area contributed by atoms with E-state index in [0.29, 0.717) is 5.82 Å². The number of nitrogens with zero attached hydrogens (tertiary/aromatic N) is 4. The molecule has 0 fully saturated rings. The van der Waals surface area contributed by atoms with E-state index >= 15 is 0 Å². The standard InChI is InChI=1S/C25H20N6O/c1-17-21(20-14-8-9-15-22(20)27-17)16-26-29-25(32)23-28-24(18-10-4-2-5-11-18)31(30-23)19-12-6-3-7-13-19/h2-16,27H,1H3,(H,29,32)/b26-16+. The van der Waals surface area contributed by atoms with Crippen molar-refractivity contribution in [3.05, 3.63) is 102 Å². The van der Waals surface area contributed by atoms with E-state index in [4.69, 9.17) is 0 Å². The van der Waals surface area contributed by atoms with Gasteiger partial charge >= 0.3 is 5.91 Å². The maximum atomic E-state index is 12.8. The minimum absolute atomic E-state index is 0.0421. The van der Waals surface area contributed by atoms with Crippen molar-refractivity contribution in [2.24, 2.45) is 5.10 Å². The van der Waals surface area contributed by atoms with Gasteiger partial charge in [-0.25, -0.2) is 15.1 Å². The quantitative estimate of drug-likeness (QED) is 0.324. The van der Waals surface area contributed by atoms with Crippen molar-refractivity contribution in [3.63, 3.8) is 0 Å². The molecule has 5 rings (SSSR count). The van der Waals surface area contributed by atoms with Crippen LogP contribution in [0, 0.1) is 6.92 Å². The molecule has 0 radical (unpaired) electrons. The number of benzene rings is 3. The molecule has 1 amide bonds. The highest BCUT2D eigenvalue weighted by Crippen LogP contribution is 2.21. The fourth-order valence-electron chi connectivity index (χ4n) is 3.60. The maximum Gasteiger partial charge on any atom is 0.311 e. The maximum absolute atomic E-state index is 12.8. The molecule has 0 aliphatic carbocycles. The number of nitrogens with one attached hydrogen (secondary N) is 2. The second-order valence-electron chi connectivity index (χ2n) is 7.28. The summed E-state index contributed by atoms with van der Waals surface area (Å²) in [5.41, 5.74) is 7.15. The first kappa shape index (κ1) is 19.4. The summed E-state index contributed by atoms with van der Waals surface area (Å²) in [6, 6.07) is 27.2. The first-order valence-corrected chi connectivity index (χ1v) is 10.2. The van der Waals surface area contributed by atoms with Crippen LogP contribution in [0.25, 0.3) is 28.0 Å². The van der Waals surface area contributed by atoms with Crippen molar-refractivity contribution in [1.82, 2.24) is 25.2 Å². The first-order chi connectivity index (χ1) is 15.7. The largest absolute Gasteiger partial charge is 0.358 e. The minimum atomic E-state index is -0.481. The van der Waals surface area contributed by atoms with Crippen LogP contribution in [0.5, 0.6) is 0 Å². The number of rotatable bonds is 5. The van der Waals surface area contributed by atoms with E-state index < -0.39 is 5.91 Å². The Kier molecular flexibility index (Phi) is 5.05. The van der Waals surface area contributed by atoms with E-state index in [1.54, 1.807) is 10.9 Å². The Morgan fingerprint density at radius 2 is 1.66 bits per heavy atom. The van der Waals surface area contributed by atoms with Crippen LogP contribution in [0.2, 0.25) is 0 Å². The number of amides is 1. The van der Waals surface area contributed by atoms with Crippen LogP contribution < -0.4 is 5.43 Å². The van der Waals surface area contributed by atoms with E-state index in [-0.39, 0.29) is 5.82 Å². The van der Waals surface area contributed by atoms with Gasteiger partial charge in [-0.3, -0.25) is 4.79 Å². The van der Waals surface area contributed by atoms with Gasteiger partial charge in [0, 0.05) is 27.7 Å². The van der Waals surface area contributed by atoms with Crippen molar-refractivity contribution in [1.29, 1.82) is 0 Å². The summed E-state index contributed by atoms with van der Waals surface area (Å²) >= 11 is 0. The second kappa shape index (κ2) is 8.31. The summed E-state index contributed by atoms with van der Waals surface area (Å²) in [4.78, 5) is 20.6. The predicted octanol–water partition coefficient (Wildman–Crippen LogP) is 4.49. The van der Waals surface area contributed by atoms with Crippen LogP contribution >= 0.6 is 0 Å². The zero-order valence-corrected chi connectivity index (χ0v) is 17.4. The summed E-state index contributed by atoms with van der Waals surface area (Å²) < 4.78 is 1.66. The molecule has 0 saturated carbocycles. The lowest BCUT2D eigenvalue weighted by atomic mass is 10.1. The zero-order chi connectivity index (χ0) is 21.9. The van der Waals surface area contributed by atoms with Crippen LogP contribution in [0.4, 0.5) is 0 Å². The van der Waals surface area contributed by atoms with Gasteiger partial charge in [-0.2, -0.15) is 5.10 Å². The van der Waals surface area contributed by atoms with Gasteiger partial charge in [0.1, 0.15) is 0 Å². The number of aromatic amines is 1. The lowest BCUT2D eigenvalue weighted by Crippen LogP contribution is -2.19. The van der Waals surface area contributed by atoms with Crippen molar-refractivity contribution in [3.8, 4) is 17.1 Å². The number of hydrogen-bond donors (Lipinski definition) is 2. The van der Waals surface area contributed by atoms with Gasteiger partial charge in [0.2, 0.25) is 5.82 Å². The molecular formula is C25H20N6O. The van der Waals surface area contributed by atoms with E-state index in [1.807, 2.05) is 91.9 Å². The Balaban J connectivity index is 1.44.